The summed E-state index contributed by atoms with van der Waals surface area (Å²) in [7, 11) is 0. The van der Waals surface area contributed by atoms with Gasteiger partial charge in [-0.3, -0.25) is 4.79 Å². The highest BCUT2D eigenvalue weighted by atomic mass is 19.1. The van der Waals surface area contributed by atoms with Gasteiger partial charge >= 0.3 is 5.97 Å². The van der Waals surface area contributed by atoms with E-state index in [2.05, 4.69) is 4.98 Å². The first-order valence-electron chi connectivity index (χ1n) is 11.2. The summed E-state index contributed by atoms with van der Waals surface area (Å²) in [6.45, 7) is 4.10. The number of carboxylic acid groups (broad SMARTS) is 1. The summed E-state index contributed by atoms with van der Waals surface area (Å²) in [5.41, 5.74) is 1.92. The number of hydrogen-bond acceptors (Lipinski definition) is 3. The van der Waals surface area contributed by atoms with Gasteiger partial charge in [-0.2, -0.15) is 0 Å². The predicted molar refractivity (Wildman–Crippen MR) is 121 cm³/mol. The molecule has 6 heteroatoms. The van der Waals surface area contributed by atoms with Crippen LogP contribution in [0, 0.1) is 12.7 Å². The van der Waals surface area contributed by atoms with Crippen molar-refractivity contribution in [2.45, 2.75) is 64.4 Å². The minimum atomic E-state index is -1.03. The van der Waals surface area contributed by atoms with Gasteiger partial charge in [0.25, 0.3) is 0 Å². The molecule has 0 atom stereocenters. The van der Waals surface area contributed by atoms with Gasteiger partial charge in [-0.05, 0) is 61.6 Å². The third-order valence-electron chi connectivity index (χ3n) is 6.61. The minimum Gasteiger partial charge on any atom is -0.489 e. The Kier molecular flexibility index (Phi) is 6.31. The number of halogens is 1. The van der Waals surface area contributed by atoms with Crippen LogP contribution in [0.4, 0.5) is 4.39 Å². The van der Waals surface area contributed by atoms with E-state index in [9.17, 15) is 14.3 Å². The van der Waals surface area contributed by atoms with E-state index >= 15 is 0 Å². The third kappa shape index (κ3) is 4.14. The van der Waals surface area contributed by atoms with Gasteiger partial charge in [0, 0.05) is 23.6 Å². The van der Waals surface area contributed by atoms with E-state index in [1.807, 2.05) is 48.9 Å². The maximum atomic E-state index is 15.0. The molecule has 0 spiro atoms. The summed E-state index contributed by atoms with van der Waals surface area (Å²) >= 11 is 0. The molecule has 32 heavy (non-hydrogen) atoms. The molecule has 0 saturated heterocycles. The van der Waals surface area contributed by atoms with Gasteiger partial charge in [0.05, 0.1) is 5.41 Å². The first-order chi connectivity index (χ1) is 15.4. The Hall–Kier alpha value is -3.15. The molecule has 1 aliphatic carbocycles. The standard InChI is InChI=1S/C26H29FN2O3/c1-3-22-23(27)15-20(26(25(30)31)11-5-4-6-12-26)16-24(22)32-17-19-7-9-21(10-8-19)29-14-13-28-18(29)2/h7-10,13-16H,3-6,11-12,17H2,1-2H3,(H,30,31). The van der Waals surface area contributed by atoms with E-state index in [1.54, 1.807) is 12.3 Å². The molecular weight excluding hydrogens is 407 g/mol. The van der Waals surface area contributed by atoms with Crippen LogP contribution in [0.2, 0.25) is 0 Å². The molecular formula is C26H29FN2O3. The number of ether oxygens (including phenoxy) is 1. The Labute approximate surface area is 187 Å². The van der Waals surface area contributed by atoms with Crippen molar-refractivity contribution < 1.29 is 19.0 Å². The number of aromatic nitrogens is 2. The van der Waals surface area contributed by atoms with Crippen molar-refractivity contribution in [2.75, 3.05) is 0 Å². The smallest absolute Gasteiger partial charge is 0.314 e. The van der Waals surface area contributed by atoms with Crippen LogP contribution in [0.25, 0.3) is 5.69 Å². The lowest BCUT2D eigenvalue weighted by atomic mass is 9.69. The highest BCUT2D eigenvalue weighted by Gasteiger charge is 2.42. The lowest BCUT2D eigenvalue weighted by molar-refractivity contribution is -0.145. The van der Waals surface area contributed by atoms with Crippen molar-refractivity contribution in [3.05, 3.63) is 77.1 Å². The zero-order chi connectivity index (χ0) is 22.7. The van der Waals surface area contributed by atoms with E-state index < -0.39 is 17.2 Å². The van der Waals surface area contributed by atoms with Crippen molar-refractivity contribution in [3.8, 4) is 11.4 Å². The fraction of sp³-hybridized carbons (Fsp3) is 0.385. The normalized spacial score (nSPS) is 15.5. The fourth-order valence-corrected chi connectivity index (χ4v) is 4.71. The molecule has 0 aliphatic heterocycles. The molecule has 0 unspecified atom stereocenters. The number of benzene rings is 2. The fourth-order valence-electron chi connectivity index (χ4n) is 4.71. The molecule has 1 aromatic heterocycles. The van der Waals surface area contributed by atoms with Crippen molar-refractivity contribution in [1.82, 2.24) is 9.55 Å². The molecule has 1 fully saturated rings. The minimum absolute atomic E-state index is 0.277. The molecule has 4 rings (SSSR count). The zero-order valence-corrected chi connectivity index (χ0v) is 18.6. The Morgan fingerprint density at radius 3 is 2.50 bits per heavy atom. The van der Waals surface area contributed by atoms with Crippen molar-refractivity contribution in [3.63, 3.8) is 0 Å². The second kappa shape index (κ2) is 9.15. The van der Waals surface area contributed by atoms with Crippen LogP contribution in [-0.2, 0) is 23.2 Å². The SMILES string of the molecule is CCc1c(F)cc(C2(C(=O)O)CCCCC2)cc1OCc1ccc(-n2ccnc2C)cc1. The second-order valence-corrected chi connectivity index (χ2v) is 8.54. The van der Waals surface area contributed by atoms with Gasteiger partial charge in [-0.25, -0.2) is 9.37 Å². The molecule has 0 radical (unpaired) electrons. The number of aliphatic carboxylic acids is 1. The van der Waals surface area contributed by atoms with Crippen LogP contribution >= 0.6 is 0 Å². The van der Waals surface area contributed by atoms with Gasteiger partial charge in [-0.1, -0.05) is 38.3 Å². The molecule has 5 nitrogen and oxygen atoms in total. The number of carboxylic acids is 1. The van der Waals surface area contributed by atoms with Gasteiger partial charge < -0.3 is 14.4 Å². The van der Waals surface area contributed by atoms with E-state index in [0.717, 1.165) is 36.3 Å². The van der Waals surface area contributed by atoms with Crippen LogP contribution in [0.1, 0.15) is 61.5 Å². The maximum Gasteiger partial charge on any atom is 0.314 e. The predicted octanol–water partition coefficient (Wildman–Crippen LogP) is 5.75. The molecule has 0 amide bonds. The zero-order valence-electron chi connectivity index (χ0n) is 18.6. The molecule has 2 aromatic carbocycles. The molecule has 1 saturated carbocycles. The Balaban J connectivity index is 1.59. The van der Waals surface area contributed by atoms with Crippen molar-refractivity contribution in [1.29, 1.82) is 0 Å². The molecule has 168 valence electrons. The number of rotatable bonds is 7. The summed E-state index contributed by atoms with van der Waals surface area (Å²) in [6.07, 6.45) is 7.89. The lowest BCUT2D eigenvalue weighted by Crippen LogP contribution is -2.38. The average Bonchev–Trinajstić information content (AvgIpc) is 3.23. The van der Waals surface area contributed by atoms with Gasteiger partial charge in [-0.15, -0.1) is 0 Å². The molecule has 3 aromatic rings. The van der Waals surface area contributed by atoms with E-state index in [4.69, 9.17) is 4.74 Å². The van der Waals surface area contributed by atoms with E-state index in [1.165, 1.54) is 6.07 Å². The number of imidazole rings is 1. The Morgan fingerprint density at radius 2 is 1.91 bits per heavy atom. The summed E-state index contributed by atoms with van der Waals surface area (Å²) < 4.78 is 23.0. The number of hydrogen-bond donors (Lipinski definition) is 1. The van der Waals surface area contributed by atoms with Gasteiger partial charge in [0.15, 0.2) is 0 Å². The van der Waals surface area contributed by atoms with Crippen LogP contribution in [-0.4, -0.2) is 20.6 Å². The van der Waals surface area contributed by atoms with Crippen molar-refractivity contribution in [2.24, 2.45) is 0 Å². The van der Waals surface area contributed by atoms with Crippen LogP contribution in [0.15, 0.2) is 48.8 Å². The lowest BCUT2D eigenvalue weighted by Gasteiger charge is -2.34. The molecule has 0 bridgehead atoms. The first kappa shape index (κ1) is 22.1. The van der Waals surface area contributed by atoms with Crippen LogP contribution in [0.3, 0.4) is 0 Å². The first-order valence-corrected chi connectivity index (χ1v) is 11.2. The van der Waals surface area contributed by atoms with E-state index in [0.29, 0.717) is 36.1 Å². The van der Waals surface area contributed by atoms with Crippen LogP contribution < -0.4 is 4.74 Å². The summed E-state index contributed by atoms with van der Waals surface area (Å²) in [5.74, 6) is 0.0708. The monoisotopic (exact) mass is 436 g/mol. The highest BCUT2D eigenvalue weighted by Crippen LogP contribution is 2.42. The number of nitrogens with zero attached hydrogens (tertiary/aromatic N) is 2. The number of aryl methyl sites for hydroxylation is 1. The van der Waals surface area contributed by atoms with Crippen LogP contribution in [0.5, 0.6) is 5.75 Å². The second-order valence-electron chi connectivity index (χ2n) is 8.54. The largest absolute Gasteiger partial charge is 0.489 e. The quantitative estimate of drug-likeness (QED) is 0.512. The number of carbonyl (C=O) groups is 1. The Morgan fingerprint density at radius 1 is 1.19 bits per heavy atom. The van der Waals surface area contributed by atoms with Gasteiger partial charge in [0.2, 0.25) is 0 Å². The van der Waals surface area contributed by atoms with Gasteiger partial charge in [0.1, 0.15) is 24.0 Å². The summed E-state index contributed by atoms with van der Waals surface area (Å²) in [6, 6.07) is 11.1. The topological polar surface area (TPSA) is 64.3 Å². The third-order valence-corrected chi connectivity index (χ3v) is 6.61. The molecule has 1 N–H and O–H groups in total. The highest BCUT2D eigenvalue weighted by molar-refractivity contribution is 5.81. The van der Waals surface area contributed by atoms with Crippen molar-refractivity contribution >= 4 is 5.97 Å². The molecule has 1 aliphatic rings. The summed E-state index contributed by atoms with van der Waals surface area (Å²) in [5, 5.41) is 10.0. The van der Waals surface area contributed by atoms with E-state index in [-0.39, 0.29) is 6.61 Å². The molecule has 1 heterocycles. The summed E-state index contributed by atoms with van der Waals surface area (Å²) in [4.78, 5) is 16.5. The maximum absolute atomic E-state index is 15.0. The average molecular weight is 437 g/mol. The Bertz CT molecular complexity index is 1100.